The van der Waals surface area contributed by atoms with E-state index in [1.54, 1.807) is 4.90 Å². The van der Waals surface area contributed by atoms with Gasteiger partial charge in [0, 0.05) is 35.1 Å². The molecule has 2 aromatic carbocycles. The minimum Gasteiger partial charge on any atom is -0.465 e. The highest BCUT2D eigenvalue weighted by Crippen LogP contribution is 2.46. The molecule has 7 nitrogen and oxygen atoms in total. The van der Waals surface area contributed by atoms with Crippen molar-refractivity contribution in [1.29, 1.82) is 0 Å². The van der Waals surface area contributed by atoms with Gasteiger partial charge in [0.15, 0.2) is 0 Å². The Hall–Kier alpha value is -3.87. The number of rotatable bonds is 4. The lowest BCUT2D eigenvalue weighted by atomic mass is 9.81. The molecule has 0 bridgehead atoms. The van der Waals surface area contributed by atoms with Gasteiger partial charge in [-0.3, -0.25) is 9.59 Å². The summed E-state index contributed by atoms with van der Waals surface area (Å²) in [6.45, 7) is 1.26. The number of carbonyl (C=O) groups excluding carboxylic acids is 3. The highest BCUT2D eigenvalue weighted by Gasteiger charge is 2.34. The van der Waals surface area contributed by atoms with Crippen molar-refractivity contribution in [2.75, 3.05) is 20.2 Å². The van der Waals surface area contributed by atoms with E-state index in [-0.39, 0.29) is 23.7 Å². The first kappa shape index (κ1) is 24.5. The molecule has 38 heavy (non-hydrogen) atoms. The maximum Gasteiger partial charge on any atom is 0.337 e. The van der Waals surface area contributed by atoms with Crippen molar-refractivity contribution in [3.05, 3.63) is 64.7 Å². The number of esters is 1. The Bertz CT molecular complexity index is 1480. The van der Waals surface area contributed by atoms with Crippen LogP contribution in [0.5, 0.6) is 0 Å². The van der Waals surface area contributed by atoms with Crippen molar-refractivity contribution in [3.8, 4) is 11.3 Å². The number of fused-ring (bicyclic) bond motifs is 5. The number of hydrogen-bond acceptors (Lipinski definition) is 4. The van der Waals surface area contributed by atoms with Gasteiger partial charge in [-0.05, 0) is 54.5 Å². The smallest absolute Gasteiger partial charge is 0.337 e. The van der Waals surface area contributed by atoms with Crippen LogP contribution in [0.4, 0.5) is 0 Å². The largest absolute Gasteiger partial charge is 0.465 e. The Balaban J connectivity index is 1.54. The Morgan fingerprint density at radius 1 is 1.00 bits per heavy atom. The number of hydrogen-bond donors (Lipinski definition) is 1. The molecule has 1 saturated heterocycles. The van der Waals surface area contributed by atoms with Gasteiger partial charge in [-0.2, -0.15) is 0 Å². The predicted molar refractivity (Wildman–Crippen MR) is 146 cm³/mol. The number of ether oxygens (including phenoxy) is 1. The van der Waals surface area contributed by atoms with Gasteiger partial charge in [0.2, 0.25) is 5.91 Å². The van der Waals surface area contributed by atoms with Crippen molar-refractivity contribution >= 4 is 34.8 Å². The molecule has 196 valence electrons. The first-order chi connectivity index (χ1) is 18.5. The van der Waals surface area contributed by atoms with Gasteiger partial charge >= 0.3 is 5.97 Å². The summed E-state index contributed by atoms with van der Waals surface area (Å²) in [6, 6.07) is 14.1. The molecule has 1 unspecified atom stereocenters. The fourth-order valence-corrected chi connectivity index (χ4v) is 6.63. The van der Waals surface area contributed by atoms with Gasteiger partial charge in [0.1, 0.15) is 0 Å². The predicted octanol–water partition coefficient (Wildman–Crippen LogP) is 4.87. The standard InChI is InChI=1S/C31H33N3O4/c1-38-31(37)21-11-12-25-26(16-21)34-18-23(30(36)33-14-13-22(17-33)29(32)35)15-20-9-5-6-10-24(20)28(34)27(25)19-7-3-2-4-8-19/h5-6,9-12,15-16,19,22H,2-4,7-8,13-14,17-18H2,1H3,(H2,32,35). The van der Waals surface area contributed by atoms with Crippen molar-refractivity contribution < 1.29 is 19.1 Å². The van der Waals surface area contributed by atoms with Crippen molar-refractivity contribution in [2.24, 2.45) is 11.7 Å². The van der Waals surface area contributed by atoms with E-state index in [0.29, 0.717) is 43.1 Å². The first-order valence-electron chi connectivity index (χ1n) is 13.6. The summed E-state index contributed by atoms with van der Waals surface area (Å²) < 4.78 is 7.26. The van der Waals surface area contributed by atoms with Crippen molar-refractivity contribution in [3.63, 3.8) is 0 Å². The van der Waals surface area contributed by atoms with Crippen LogP contribution in [0.25, 0.3) is 28.2 Å². The van der Waals surface area contributed by atoms with E-state index in [2.05, 4.69) is 22.8 Å². The number of carbonyl (C=O) groups is 3. The van der Waals surface area contributed by atoms with Gasteiger partial charge in [-0.1, -0.05) is 49.6 Å². The van der Waals surface area contributed by atoms with Crippen LogP contribution >= 0.6 is 0 Å². The highest BCUT2D eigenvalue weighted by molar-refractivity contribution is 6.03. The molecule has 2 fully saturated rings. The molecule has 3 heterocycles. The molecular formula is C31H33N3O4. The molecule has 0 radical (unpaired) electrons. The molecular weight excluding hydrogens is 478 g/mol. The summed E-state index contributed by atoms with van der Waals surface area (Å²) in [5, 5.41) is 1.14. The molecule has 2 amide bonds. The monoisotopic (exact) mass is 511 g/mol. The summed E-state index contributed by atoms with van der Waals surface area (Å²) >= 11 is 0. The zero-order valence-corrected chi connectivity index (χ0v) is 21.7. The number of nitrogens with two attached hydrogens (primary N) is 1. The van der Waals surface area contributed by atoms with Crippen LogP contribution in [0.3, 0.4) is 0 Å². The van der Waals surface area contributed by atoms with Crippen LogP contribution in [-0.2, 0) is 20.9 Å². The average molecular weight is 512 g/mol. The number of primary amides is 1. The maximum absolute atomic E-state index is 13.8. The minimum atomic E-state index is -0.378. The number of methoxy groups -OCH3 is 1. The molecule has 0 spiro atoms. The van der Waals surface area contributed by atoms with Gasteiger partial charge in [0.25, 0.3) is 5.91 Å². The lowest BCUT2D eigenvalue weighted by Crippen LogP contribution is -2.33. The Morgan fingerprint density at radius 2 is 1.79 bits per heavy atom. The number of likely N-dealkylation sites (tertiary alicyclic amines) is 1. The zero-order valence-electron chi connectivity index (χ0n) is 21.7. The fraction of sp³-hybridized carbons (Fsp3) is 0.387. The van der Waals surface area contributed by atoms with E-state index in [1.165, 1.54) is 31.9 Å². The summed E-state index contributed by atoms with van der Waals surface area (Å²) in [5.74, 6) is -0.682. The quantitative estimate of drug-likeness (QED) is 0.506. The second-order valence-electron chi connectivity index (χ2n) is 10.8. The molecule has 2 aliphatic heterocycles. The van der Waals surface area contributed by atoms with Crippen LogP contribution in [0.15, 0.2) is 48.0 Å². The van der Waals surface area contributed by atoms with Crippen molar-refractivity contribution in [1.82, 2.24) is 9.47 Å². The second kappa shape index (κ2) is 9.78. The van der Waals surface area contributed by atoms with E-state index in [4.69, 9.17) is 10.5 Å². The average Bonchev–Trinajstić information content (AvgIpc) is 3.52. The normalized spacial score (nSPS) is 19.4. The van der Waals surface area contributed by atoms with E-state index in [0.717, 1.165) is 40.6 Å². The van der Waals surface area contributed by atoms with E-state index < -0.39 is 0 Å². The maximum atomic E-state index is 13.8. The number of nitrogens with zero attached hydrogens (tertiary/aromatic N) is 2. The zero-order chi connectivity index (χ0) is 26.4. The minimum absolute atomic E-state index is 0.0680. The number of benzene rings is 2. The summed E-state index contributed by atoms with van der Waals surface area (Å²) in [4.78, 5) is 39.8. The Morgan fingerprint density at radius 3 is 2.53 bits per heavy atom. The molecule has 6 rings (SSSR count). The lowest BCUT2D eigenvalue weighted by molar-refractivity contribution is -0.126. The molecule has 3 aliphatic rings. The van der Waals surface area contributed by atoms with Gasteiger partial charge in [-0.25, -0.2) is 4.79 Å². The summed E-state index contributed by atoms with van der Waals surface area (Å²) in [6.07, 6.45) is 8.53. The van der Waals surface area contributed by atoms with Gasteiger partial charge in [-0.15, -0.1) is 0 Å². The lowest BCUT2D eigenvalue weighted by Gasteiger charge is -2.24. The van der Waals surface area contributed by atoms with Crippen LogP contribution in [0, 0.1) is 5.92 Å². The molecule has 1 aliphatic carbocycles. The molecule has 1 aromatic heterocycles. The van der Waals surface area contributed by atoms with E-state index in [9.17, 15) is 14.4 Å². The fourth-order valence-electron chi connectivity index (χ4n) is 6.63. The topological polar surface area (TPSA) is 94.6 Å². The SMILES string of the molecule is COC(=O)c1ccc2c(C3CCCCC3)c3n(c2c1)CC(C(=O)N1CCC(C(N)=O)C1)=Cc1ccccc1-3. The van der Waals surface area contributed by atoms with E-state index in [1.807, 2.05) is 30.3 Å². The molecule has 3 aromatic rings. The third-order valence-corrected chi connectivity index (χ3v) is 8.56. The highest BCUT2D eigenvalue weighted by atomic mass is 16.5. The Labute approximate surface area is 222 Å². The third-order valence-electron chi connectivity index (χ3n) is 8.56. The Kier molecular flexibility index (Phi) is 6.30. The summed E-state index contributed by atoms with van der Waals surface area (Å²) in [5.41, 5.74) is 12.2. The van der Waals surface area contributed by atoms with E-state index >= 15 is 0 Å². The molecule has 2 N–H and O–H groups in total. The van der Waals surface area contributed by atoms with Gasteiger partial charge < -0.3 is 19.9 Å². The van der Waals surface area contributed by atoms with Crippen LogP contribution in [0.1, 0.15) is 65.9 Å². The molecule has 1 atom stereocenters. The molecule has 7 heteroatoms. The number of aromatic nitrogens is 1. The molecule has 1 saturated carbocycles. The van der Waals surface area contributed by atoms with Crippen molar-refractivity contribution in [2.45, 2.75) is 51.0 Å². The van der Waals surface area contributed by atoms with Crippen LogP contribution < -0.4 is 5.73 Å². The number of amides is 2. The van der Waals surface area contributed by atoms with Crippen LogP contribution in [-0.4, -0.2) is 47.4 Å². The third kappa shape index (κ3) is 4.10. The van der Waals surface area contributed by atoms with Gasteiger partial charge in [0.05, 0.1) is 30.8 Å². The van der Waals surface area contributed by atoms with Crippen LogP contribution in [0.2, 0.25) is 0 Å². The second-order valence-corrected chi connectivity index (χ2v) is 10.8. The first-order valence-corrected chi connectivity index (χ1v) is 13.6. The summed E-state index contributed by atoms with van der Waals surface area (Å²) in [7, 11) is 1.39.